The molecule has 0 fully saturated rings. The van der Waals surface area contributed by atoms with Crippen molar-refractivity contribution in [2.75, 3.05) is 23.8 Å². The second-order valence-electron chi connectivity index (χ2n) is 5.97. The molecule has 0 aromatic heterocycles. The molecule has 0 spiro atoms. The van der Waals surface area contributed by atoms with Crippen molar-refractivity contribution in [1.82, 2.24) is 5.32 Å². The van der Waals surface area contributed by atoms with Gasteiger partial charge in [-0.05, 0) is 41.5 Å². The van der Waals surface area contributed by atoms with Crippen molar-refractivity contribution >= 4 is 23.3 Å². The smallest absolute Gasteiger partial charge is 0.319 e. The number of carbonyl (C=O) groups excluding carboxylic acids is 2. The molecule has 1 aliphatic rings. The van der Waals surface area contributed by atoms with Crippen molar-refractivity contribution in [1.29, 1.82) is 0 Å². The van der Waals surface area contributed by atoms with Gasteiger partial charge < -0.3 is 20.7 Å². The molecule has 3 amide bonds. The van der Waals surface area contributed by atoms with Crippen LogP contribution in [0.5, 0.6) is 5.75 Å². The number of fused-ring (bicyclic) bond motifs is 1. The first-order chi connectivity index (χ1) is 12.6. The number of ether oxygens (including phenoxy) is 1. The van der Waals surface area contributed by atoms with E-state index in [1.807, 2.05) is 18.2 Å². The molecule has 26 heavy (non-hydrogen) atoms. The second kappa shape index (κ2) is 8.20. The summed E-state index contributed by atoms with van der Waals surface area (Å²) >= 11 is 0. The molecule has 134 valence electrons. The zero-order valence-electron chi connectivity index (χ0n) is 14.4. The van der Waals surface area contributed by atoms with E-state index in [9.17, 15) is 9.59 Å². The standard InChI is InChI=1S/C20H21N3O3/c1-2-10-21-20(25)23-17-6-4-16(5-7-17)22-19(24)13-14-3-8-18-15(12-14)9-11-26-18/h2-8,12H,1,9-11,13H2,(H,22,24)(H2,21,23,25). The van der Waals surface area contributed by atoms with Crippen molar-refractivity contribution < 1.29 is 14.3 Å². The number of carbonyl (C=O) groups is 2. The molecule has 0 saturated heterocycles. The van der Waals surface area contributed by atoms with Crippen LogP contribution in [0.15, 0.2) is 55.1 Å². The third kappa shape index (κ3) is 4.63. The average Bonchev–Trinajstić information content (AvgIpc) is 3.09. The van der Waals surface area contributed by atoms with Crippen LogP contribution in [0.3, 0.4) is 0 Å². The lowest BCUT2D eigenvalue weighted by Gasteiger charge is -2.09. The van der Waals surface area contributed by atoms with Gasteiger partial charge in [-0.1, -0.05) is 18.2 Å². The minimum atomic E-state index is -0.303. The molecule has 1 aliphatic heterocycles. The summed E-state index contributed by atoms with van der Waals surface area (Å²) in [6.07, 6.45) is 2.79. The molecule has 3 rings (SSSR count). The zero-order chi connectivity index (χ0) is 18.4. The molecule has 3 N–H and O–H groups in total. The highest BCUT2D eigenvalue weighted by Crippen LogP contribution is 2.26. The first-order valence-corrected chi connectivity index (χ1v) is 8.44. The highest BCUT2D eigenvalue weighted by atomic mass is 16.5. The largest absolute Gasteiger partial charge is 0.493 e. The summed E-state index contributed by atoms with van der Waals surface area (Å²) < 4.78 is 5.47. The molecular weight excluding hydrogens is 330 g/mol. The first kappa shape index (κ1) is 17.5. The van der Waals surface area contributed by atoms with Crippen molar-refractivity contribution in [3.63, 3.8) is 0 Å². The Labute approximate surface area is 152 Å². The Morgan fingerprint density at radius 1 is 1.08 bits per heavy atom. The lowest BCUT2D eigenvalue weighted by Crippen LogP contribution is -2.28. The van der Waals surface area contributed by atoms with E-state index in [-0.39, 0.29) is 11.9 Å². The topological polar surface area (TPSA) is 79.5 Å². The molecule has 0 atom stereocenters. The minimum Gasteiger partial charge on any atom is -0.493 e. The number of rotatable bonds is 6. The fourth-order valence-corrected chi connectivity index (χ4v) is 2.72. The van der Waals surface area contributed by atoms with Gasteiger partial charge in [0.25, 0.3) is 0 Å². The van der Waals surface area contributed by atoms with Crippen LogP contribution in [-0.2, 0) is 17.6 Å². The van der Waals surface area contributed by atoms with Crippen LogP contribution in [0, 0.1) is 0 Å². The van der Waals surface area contributed by atoms with E-state index >= 15 is 0 Å². The molecular formula is C20H21N3O3. The summed E-state index contributed by atoms with van der Waals surface area (Å²) in [7, 11) is 0. The number of hydrogen-bond acceptors (Lipinski definition) is 3. The van der Waals surface area contributed by atoms with Crippen LogP contribution < -0.4 is 20.7 Å². The molecule has 0 radical (unpaired) electrons. The predicted molar refractivity (Wildman–Crippen MR) is 102 cm³/mol. The quantitative estimate of drug-likeness (QED) is 0.700. The maximum atomic E-state index is 12.2. The van der Waals surface area contributed by atoms with Crippen molar-refractivity contribution in [3.05, 3.63) is 66.2 Å². The first-order valence-electron chi connectivity index (χ1n) is 8.44. The van der Waals surface area contributed by atoms with Crippen molar-refractivity contribution in [3.8, 4) is 5.75 Å². The molecule has 2 aromatic carbocycles. The number of benzene rings is 2. The highest BCUT2D eigenvalue weighted by molar-refractivity contribution is 5.93. The molecule has 0 aliphatic carbocycles. The Balaban J connectivity index is 1.52. The van der Waals surface area contributed by atoms with E-state index in [2.05, 4.69) is 22.5 Å². The molecule has 1 heterocycles. The van der Waals surface area contributed by atoms with E-state index in [1.54, 1.807) is 30.3 Å². The van der Waals surface area contributed by atoms with E-state index in [0.717, 1.165) is 23.3 Å². The molecule has 0 unspecified atom stereocenters. The molecule has 0 bridgehead atoms. The maximum absolute atomic E-state index is 12.2. The SMILES string of the molecule is C=CCNC(=O)Nc1ccc(NC(=O)Cc2ccc3c(c2)CCO3)cc1. The van der Waals surface area contributed by atoms with Gasteiger partial charge in [0.15, 0.2) is 0 Å². The number of amides is 3. The van der Waals surface area contributed by atoms with E-state index < -0.39 is 0 Å². The van der Waals surface area contributed by atoms with Crippen LogP contribution in [0.2, 0.25) is 0 Å². The van der Waals surface area contributed by atoms with Gasteiger partial charge in [-0.2, -0.15) is 0 Å². The third-order valence-electron chi connectivity index (χ3n) is 3.95. The normalized spacial score (nSPS) is 11.8. The van der Waals surface area contributed by atoms with Crippen LogP contribution in [0.1, 0.15) is 11.1 Å². The zero-order valence-corrected chi connectivity index (χ0v) is 14.4. The van der Waals surface area contributed by atoms with Gasteiger partial charge in [-0.3, -0.25) is 4.79 Å². The Bertz CT molecular complexity index is 816. The molecule has 2 aromatic rings. The number of anilines is 2. The van der Waals surface area contributed by atoms with Gasteiger partial charge >= 0.3 is 6.03 Å². The van der Waals surface area contributed by atoms with Gasteiger partial charge in [0.2, 0.25) is 5.91 Å². The monoisotopic (exact) mass is 351 g/mol. The summed E-state index contributed by atoms with van der Waals surface area (Å²) in [4.78, 5) is 23.8. The predicted octanol–water partition coefficient (Wildman–Crippen LogP) is 3.11. The van der Waals surface area contributed by atoms with Gasteiger partial charge in [-0.15, -0.1) is 6.58 Å². The molecule has 6 heteroatoms. The number of nitrogens with one attached hydrogen (secondary N) is 3. The Morgan fingerprint density at radius 2 is 1.81 bits per heavy atom. The number of hydrogen-bond donors (Lipinski definition) is 3. The fraction of sp³-hybridized carbons (Fsp3) is 0.200. The third-order valence-corrected chi connectivity index (χ3v) is 3.95. The van der Waals surface area contributed by atoms with Crippen LogP contribution in [0.4, 0.5) is 16.2 Å². The Hall–Kier alpha value is -3.28. The van der Waals surface area contributed by atoms with Gasteiger partial charge in [0.1, 0.15) is 5.75 Å². The molecule has 6 nitrogen and oxygen atoms in total. The highest BCUT2D eigenvalue weighted by Gasteiger charge is 2.13. The Kier molecular flexibility index (Phi) is 5.53. The second-order valence-corrected chi connectivity index (χ2v) is 5.97. The van der Waals surface area contributed by atoms with E-state index in [1.165, 1.54) is 0 Å². The lowest BCUT2D eigenvalue weighted by molar-refractivity contribution is -0.115. The minimum absolute atomic E-state index is 0.0895. The van der Waals surface area contributed by atoms with E-state index in [0.29, 0.717) is 30.9 Å². The van der Waals surface area contributed by atoms with Gasteiger partial charge in [-0.25, -0.2) is 4.79 Å². The summed E-state index contributed by atoms with van der Waals surface area (Å²) in [6.45, 7) is 4.64. The van der Waals surface area contributed by atoms with Crippen LogP contribution in [0.25, 0.3) is 0 Å². The summed E-state index contributed by atoms with van der Waals surface area (Å²) in [5.74, 6) is 0.822. The average molecular weight is 351 g/mol. The summed E-state index contributed by atoms with van der Waals surface area (Å²) in [5.41, 5.74) is 3.43. The Morgan fingerprint density at radius 3 is 2.54 bits per heavy atom. The van der Waals surface area contributed by atoms with Gasteiger partial charge in [0.05, 0.1) is 13.0 Å². The number of urea groups is 1. The summed E-state index contributed by atoms with van der Waals surface area (Å²) in [6, 6.07) is 12.5. The van der Waals surface area contributed by atoms with Crippen molar-refractivity contribution in [2.45, 2.75) is 12.8 Å². The van der Waals surface area contributed by atoms with E-state index in [4.69, 9.17) is 4.74 Å². The molecule has 0 saturated carbocycles. The van der Waals surface area contributed by atoms with Crippen LogP contribution in [-0.4, -0.2) is 25.1 Å². The maximum Gasteiger partial charge on any atom is 0.319 e. The lowest BCUT2D eigenvalue weighted by atomic mass is 10.1. The fourth-order valence-electron chi connectivity index (χ4n) is 2.72. The van der Waals surface area contributed by atoms with Gasteiger partial charge in [0, 0.05) is 24.3 Å². The summed E-state index contributed by atoms with van der Waals surface area (Å²) in [5, 5.41) is 8.19. The van der Waals surface area contributed by atoms with Crippen LogP contribution >= 0.6 is 0 Å². The van der Waals surface area contributed by atoms with Crippen molar-refractivity contribution in [2.24, 2.45) is 0 Å².